The molecule has 0 fully saturated rings. The van der Waals surface area contributed by atoms with Crippen LogP contribution >= 0.6 is 24.0 Å². The minimum absolute atomic E-state index is 0. The maximum Gasteiger partial charge on any atom is 0.188 e. The lowest BCUT2D eigenvalue weighted by molar-refractivity contribution is 0.354. The third-order valence-corrected chi connectivity index (χ3v) is 4.32. The van der Waals surface area contributed by atoms with Gasteiger partial charge in [0.1, 0.15) is 5.65 Å². The van der Waals surface area contributed by atoms with Crippen molar-refractivity contribution in [2.24, 2.45) is 10.7 Å². The standard InChI is InChI=1S/C20H25N5O2.HI/c1-14-5-4-6-19-24-16(13-25(14)19)12-23-20(21)22-10-9-15-7-8-17(26-2)18(11-15)27-3;/h4-8,11,13H,9-10,12H2,1-3H3,(H3,21,22,23);1H. The molecule has 28 heavy (non-hydrogen) atoms. The van der Waals surface area contributed by atoms with Crippen molar-refractivity contribution < 1.29 is 9.47 Å². The molecule has 0 radical (unpaired) electrons. The Morgan fingerprint density at radius 2 is 1.96 bits per heavy atom. The number of halogens is 1. The molecular formula is C20H26IN5O2. The van der Waals surface area contributed by atoms with Gasteiger partial charge in [0.25, 0.3) is 0 Å². The fraction of sp³-hybridized carbons (Fsp3) is 0.300. The van der Waals surface area contributed by atoms with Crippen molar-refractivity contribution in [2.75, 3.05) is 20.8 Å². The molecule has 0 saturated carbocycles. The summed E-state index contributed by atoms with van der Waals surface area (Å²) in [6.07, 6.45) is 2.79. The monoisotopic (exact) mass is 495 g/mol. The number of nitrogens with zero attached hydrogens (tertiary/aromatic N) is 3. The Kier molecular flexibility index (Phi) is 7.91. The average molecular weight is 495 g/mol. The Balaban J connectivity index is 0.00000280. The molecule has 1 aromatic carbocycles. The third kappa shape index (κ3) is 5.28. The van der Waals surface area contributed by atoms with Crippen molar-refractivity contribution in [3.05, 3.63) is 59.5 Å². The van der Waals surface area contributed by atoms with E-state index in [0.717, 1.165) is 40.5 Å². The zero-order valence-corrected chi connectivity index (χ0v) is 18.6. The summed E-state index contributed by atoms with van der Waals surface area (Å²) < 4.78 is 12.6. The van der Waals surface area contributed by atoms with Crippen LogP contribution in [0.4, 0.5) is 0 Å². The fourth-order valence-electron chi connectivity index (χ4n) is 2.87. The Hall–Kier alpha value is -2.49. The van der Waals surface area contributed by atoms with Crippen molar-refractivity contribution >= 4 is 35.6 Å². The fourth-order valence-corrected chi connectivity index (χ4v) is 2.87. The lowest BCUT2D eigenvalue weighted by atomic mass is 10.1. The lowest BCUT2D eigenvalue weighted by Crippen LogP contribution is -2.33. The summed E-state index contributed by atoms with van der Waals surface area (Å²) in [6, 6.07) is 11.9. The Morgan fingerprint density at radius 3 is 2.68 bits per heavy atom. The van der Waals surface area contributed by atoms with E-state index >= 15 is 0 Å². The van der Waals surface area contributed by atoms with Gasteiger partial charge in [0, 0.05) is 18.4 Å². The van der Waals surface area contributed by atoms with Gasteiger partial charge < -0.3 is 24.9 Å². The number of rotatable bonds is 7. The van der Waals surface area contributed by atoms with E-state index in [1.54, 1.807) is 14.2 Å². The molecule has 0 aliphatic rings. The van der Waals surface area contributed by atoms with Crippen molar-refractivity contribution in [1.82, 2.24) is 14.7 Å². The molecule has 3 rings (SSSR count). The first-order chi connectivity index (χ1) is 13.1. The van der Waals surface area contributed by atoms with Gasteiger partial charge in [-0.15, -0.1) is 24.0 Å². The molecule has 0 spiro atoms. The number of aromatic nitrogens is 2. The normalized spacial score (nSPS) is 11.2. The van der Waals surface area contributed by atoms with Crippen molar-refractivity contribution in [1.29, 1.82) is 0 Å². The molecular weight excluding hydrogens is 469 g/mol. The number of aliphatic imine (C=N–C) groups is 1. The van der Waals surface area contributed by atoms with Crippen LogP contribution in [0.5, 0.6) is 11.5 Å². The number of guanidine groups is 1. The van der Waals surface area contributed by atoms with Gasteiger partial charge in [-0.05, 0) is 43.2 Å². The molecule has 0 amide bonds. The number of fused-ring (bicyclic) bond motifs is 1. The molecule has 150 valence electrons. The number of imidazole rings is 1. The van der Waals surface area contributed by atoms with Crippen LogP contribution in [0.2, 0.25) is 0 Å². The molecule has 0 saturated heterocycles. The van der Waals surface area contributed by atoms with Gasteiger partial charge in [0.15, 0.2) is 17.5 Å². The topological polar surface area (TPSA) is 86.2 Å². The summed E-state index contributed by atoms with van der Waals surface area (Å²) in [7, 11) is 3.26. The van der Waals surface area contributed by atoms with Gasteiger partial charge in [0.05, 0.1) is 26.5 Å². The minimum atomic E-state index is 0. The predicted octanol–water partition coefficient (Wildman–Crippen LogP) is 2.92. The largest absolute Gasteiger partial charge is 0.493 e. The van der Waals surface area contributed by atoms with Crippen molar-refractivity contribution in [3.63, 3.8) is 0 Å². The number of aryl methyl sites for hydroxylation is 1. The van der Waals surface area contributed by atoms with E-state index < -0.39 is 0 Å². The Bertz CT molecular complexity index is 955. The van der Waals surface area contributed by atoms with Crippen LogP contribution in [-0.4, -0.2) is 36.1 Å². The number of hydrogen-bond acceptors (Lipinski definition) is 4. The first-order valence-electron chi connectivity index (χ1n) is 8.79. The number of methoxy groups -OCH3 is 2. The van der Waals surface area contributed by atoms with E-state index in [1.807, 2.05) is 53.9 Å². The maximum atomic E-state index is 5.97. The highest BCUT2D eigenvalue weighted by Gasteiger charge is 2.05. The smallest absolute Gasteiger partial charge is 0.188 e. The van der Waals surface area contributed by atoms with Crippen LogP contribution in [-0.2, 0) is 13.0 Å². The molecule has 0 bridgehead atoms. The first-order valence-corrected chi connectivity index (χ1v) is 8.79. The number of ether oxygens (including phenoxy) is 2. The van der Waals surface area contributed by atoms with Gasteiger partial charge in [-0.3, -0.25) is 0 Å². The van der Waals surface area contributed by atoms with Crippen LogP contribution in [0.15, 0.2) is 47.6 Å². The summed E-state index contributed by atoms with van der Waals surface area (Å²) in [6.45, 7) is 3.16. The van der Waals surface area contributed by atoms with Gasteiger partial charge in [-0.25, -0.2) is 9.98 Å². The average Bonchev–Trinajstić information content (AvgIpc) is 3.11. The van der Waals surface area contributed by atoms with E-state index in [2.05, 4.69) is 15.3 Å². The van der Waals surface area contributed by atoms with Gasteiger partial charge in [-0.1, -0.05) is 12.1 Å². The van der Waals surface area contributed by atoms with E-state index in [4.69, 9.17) is 15.2 Å². The van der Waals surface area contributed by atoms with Crippen LogP contribution in [0.25, 0.3) is 5.65 Å². The quantitative estimate of drug-likeness (QED) is 0.299. The van der Waals surface area contributed by atoms with E-state index in [1.165, 1.54) is 0 Å². The highest BCUT2D eigenvalue weighted by atomic mass is 127. The number of hydrogen-bond donors (Lipinski definition) is 2. The van der Waals surface area contributed by atoms with E-state index in [0.29, 0.717) is 19.0 Å². The molecule has 0 aliphatic heterocycles. The summed E-state index contributed by atoms with van der Waals surface area (Å²) in [5.41, 5.74) is 10.0. The molecule has 2 heterocycles. The summed E-state index contributed by atoms with van der Waals surface area (Å²) in [5, 5.41) is 3.13. The second-order valence-corrected chi connectivity index (χ2v) is 6.20. The van der Waals surface area contributed by atoms with Crippen LogP contribution < -0.4 is 20.5 Å². The maximum absolute atomic E-state index is 5.97. The van der Waals surface area contributed by atoms with Gasteiger partial charge in [0.2, 0.25) is 0 Å². The summed E-state index contributed by atoms with van der Waals surface area (Å²) >= 11 is 0. The third-order valence-electron chi connectivity index (χ3n) is 4.32. The second kappa shape index (κ2) is 10.2. The van der Waals surface area contributed by atoms with Gasteiger partial charge >= 0.3 is 0 Å². The van der Waals surface area contributed by atoms with E-state index in [-0.39, 0.29) is 24.0 Å². The number of nitrogens with one attached hydrogen (secondary N) is 1. The molecule has 0 unspecified atom stereocenters. The number of benzene rings is 1. The zero-order valence-electron chi connectivity index (χ0n) is 16.3. The summed E-state index contributed by atoms with van der Waals surface area (Å²) in [4.78, 5) is 8.93. The Labute approximate surface area is 182 Å². The van der Waals surface area contributed by atoms with Gasteiger partial charge in [-0.2, -0.15) is 0 Å². The summed E-state index contributed by atoms with van der Waals surface area (Å²) in [5.74, 6) is 1.85. The SMILES string of the molecule is COc1ccc(CCNC(N)=NCc2cn3c(C)cccc3n2)cc1OC.I. The Morgan fingerprint density at radius 1 is 1.18 bits per heavy atom. The zero-order chi connectivity index (χ0) is 19.2. The van der Waals surface area contributed by atoms with Crippen molar-refractivity contribution in [2.45, 2.75) is 19.9 Å². The molecule has 0 atom stereocenters. The highest BCUT2D eigenvalue weighted by Crippen LogP contribution is 2.27. The minimum Gasteiger partial charge on any atom is -0.493 e. The molecule has 0 aliphatic carbocycles. The highest BCUT2D eigenvalue weighted by molar-refractivity contribution is 14.0. The predicted molar refractivity (Wildman–Crippen MR) is 122 cm³/mol. The van der Waals surface area contributed by atoms with E-state index in [9.17, 15) is 0 Å². The van der Waals surface area contributed by atoms with Crippen LogP contribution in [0, 0.1) is 6.92 Å². The first kappa shape index (κ1) is 21.8. The molecule has 3 N–H and O–H groups in total. The second-order valence-electron chi connectivity index (χ2n) is 6.20. The molecule has 3 aromatic rings. The number of pyridine rings is 1. The molecule has 7 nitrogen and oxygen atoms in total. The molecule has 2 aromatic heterocycles. The molecule has 8 heteroatoms. The van der Waals surface area contributed by atoms with Crippen LogP contribution in [0.3, 0.4) is 0 Å². The lowest BCUT2D eigenvalue weighted by Gasteiger charge is -2.10. The number of nitrogens with two attached hydrogens (primary N) is 1. The van der Waals surface area contributed by atoms with Crippen molar-refractivity contribution in [3.8, 4) is 11.5 Å². The van der Waals surface area contributed by atoms with Crippen LogP contribution in [0.1, 0.15) is 17.0 Å².